The van der Waals surface area contributed by atoms with Crippen molar-refractivity contribution in [1.29, 1.82) is 0 Å². The van der Waals surface area contributed by atoms with E-state index in [-0.39, 0.29) is 11.8 Å². The van der Waals surface area contributed by atoms with Gasteiger partial charge in [-0.25, -0.2) is 0 Å². The first-order chi connectivity index (χ1) is 10.6. The third-order valence-electron chi connectivity index (χ3n) is 4.23. The lowest BCUT2D eigenvalue weighted by molar-refractivity contribution is -0.125. The van der Waals surface area contributed by atoms with E-state index < -0.39 is 11.8 Å². The molecule has 2 heterocycles. The normalized spacial score (nSPS) is 26.4. The molecular formula is C17H14N2O3. The summed E-state index contributed by atoms with van der Waals surface area (Å²) in [6.45, 7) is 0. The van der Waals surface area contributed by atoms with Crippen LogP contribution in [0, 0.1) is 0 Å². The van der Waals surface area contributed by atoms with E-state index in [2.05, 4.69) is 5.32 Å². The molecule has 0 aromatic heterocycles. The number of carbonyl (C=O) groups excluding carboxylic acids is 2. The summed E-state index contributed by atoms with van der Waals surface area (Å²) in [6.07, 6.45) is -0.447. The number of anilines is 1. The number of ether oxygens (including phenoxy) is 1. The Labute approximate surface area is 127 Å². The molecular weight excluding hydrogens is 280 g/mol. The van der Waals surface area contributed by atoms with Crippen molar-refractivity contribution in [2.45, 2.75) is 11.8 Å². The van der Waals surface area contributed by atoms with Crippen molar-refractivity contribution in [3.05, 3.63) is 65.7 Å². The van der Waals surface area contributed by atoms with Crippen LogP contribution in [0.15, 0.2) is 54.6 Å². The lowest BCUT2D eigenvalue weighted by Crippen LogP contribution is -2.46. The Balaban J connectivity index is 1.77. The van der Waals surface area contributed by atoms with E-state index in [9.17, 15) is 9.59 Å². The fraction of sp³-hybridized carbons (Fsp3) is 0.176. The van der Waals surface area contributed by atoms with Crippen LogP contribution < -0.4 is 5.32 Å². The predicted octanol–water partition coefficient (Wildman–Crippen LogP) is 2.18. The Morgan fingerprint density at radius 3 is 2.50 bits per heavy atom. The van der Waals surface area contributed by atoms with E-state index in [0.29, 0.717) is 11.3 Å². The first-order valence-corrected chi connectivity index (χ1v) is 7.06. The second-order valence-electron chi connectivity index (χ2n) is 5.47. The molecule has 1 fully saturated rings. The second kappa shape index (κ2) is 4.42. The van der Waals surface area contributed by atoms with Gasteiger partial charge in [-0.15, -0.1) is 0 Å². The molecule has 5 nitrogen and oxygen atoms in total. The summed E-state index contributed by atoms with van der Waals surface area (Å²) >= 11 is 0. The topological polar surface area (TPSA) is 61.9 Å². The number of hydrogen-bond acceptors (Lipinski definition) is 3. The highest BCUT2D eigenvalue weighted by atomic mass is 16.6. The second-order valence-corrected chi connectivity index (χ2v) is 5.47. The van der Waals surface area contributed by atoms with Crippen molar-refractivity contribution in [2.24, 2.45) is 0 Å². The van der Waals surface area contributed by atoms with Gasteiger partial charge in [-0.05, 0) is 17.7 Å². The van der Waals surface area contributed by atoms with Gasteiger partial charge in [0.25, 0.3) is 17.5 Å². The van der Waals surface area contributed by atoms with Crippen LogP contribution in [-0.2, 0) is 9.53 Å². The Kier molecular flexibility index (Phi) is 2.62. The van der Waals surface area contributed by atoms with Gasteiger partial charge in [0.1, 0.15) is 6.10 Å². The lowest BCUT2D eigenvalue weighted by Gasteiger charge is -2.21. The maximum Gasteiger partial charge on any atom is 0.281 e. The number of epoxide rings is 1. The van der Waals surface area contributed by atoms with E-state index in [1.165, 1.54) is 4.90 Å². The van der Waals surface area contributed by atoms with Crippen molar-refractivity contribution in [3.8, 4) is 0 Å². The number of carbonyl (C=O) groups is 2. The molecule has 0 saturated carbocycles. The van der Waals surface area contributed by atoms with Gasteiger partial charge in [-0.1, -0.05) is 42.5 Å². The quantitative estimate of drug-likeness (QED) is 0.820. The highest BCUT2D eigenvalue weighted by Crippen LogP contribution is 2.53. The molecule has 1 spiro atoms. The first kappa shape index (κ1) is 13.0. The summed E-state index contributed by atoms with van der Waals surface area (Å²) in [5.41, 5.74) is 0.599. The van der Waals surface area contributed by atoms with Crippen LogP contribution in [0.3, 0.4) is 0 Å². The zero-order valence-corrected chi connectivity index (χ0v) is 11.9. The molecule has 22 heavy (non-hydrogen) atoms. The van der Waals surface area contributed by atoms with Crippen LogP contribution in [0.2, 0.25) is 0 Å². The van der Waals surface area contributed by atoms with E-state index in [1.807, 2.05) is 30.3 Å². The molecule has 2 aromatic rings. The fourth-order valence-corrected chi connectivity index (χ4v) is 2.97. The number of nitrogens with one attached hydrogen (secondary N) is 1. The van der Waals surface area contributed by atoms with Crippen molar-refractivity contribution in [1.82, 2.24) is 4.90 Å². The third-order valence-corrected chi connectivity index (χ3v) is 4.23. The van der Waals surface area contributed by atoms with Crippen LogP contribution in [-0.4, -0.2) is 29.5 Å². The molecule has 110 valence electrons. The van der Waals surface area contributed by atoms with Crippen LogP contribution in [0.25, 0.3) is 0 Å². The maximum atomic E-state index is 12.7. The molecule has 1 saturated heterocycles. The van der Waals surface area contributed by atoms with Gasteiger partial charge in [0.05, 0.1) is 11.3 Å². The first-order valence-electron chi connectivity index (χ1n) is 7.06. The number of amides is 2. The summed E-state index contributed by atoms with van der Waals surface area (Å²) in [4.78, 5) is 26.7. The summed E-state index contributed by atoms with van der Waals surface area (Å²) in [7, 11) is 1.60. The standard InChI is InChI=1S/C17H14N2O3/c1-19-15(20)12-9-5-6-10-13(12)18-16(21)17(19)14(22-17)11-7-3-2-4-8-11/h2-10,14H,1H3,(H,18,21)/t14-,17?/m1/s1. The molecule has 2 aromatic carbocycles. The number of hydrogen-bond donors (Lipinski definition) is 1. The summed E-state index contributed by atoms with van der Waals surface area (Å²) in [6, 6.07) is 16.4. The van der Waals surface area contributed by atoms with Gasteiger partial charge in [0.15, 0.2) is 0 Å². The third kappa shape index (κ3) is 1.63. The summed E-state index contributed by atoms with van der Waals surface area (Å²) < 4.78 is 5.73. The summed E-state index contributed by atoms with van der Waals surface area (Å²) in [5, 5.41) is 2.81. The number of fused-ring (bicyclic) bond motifs is 1. The summed E-state index contributed by atoms with van der Waals surface area (Å²) in [5.74, 6) is -0.547. The van der Waals surface area contributed by atoms with Crippen LogP contribution >= 0.6 is 0 Å². The Hall–Kier alpha value is -2.66. The van der Waals surface area contributed by atoms with Gasteiger partial charge in [-0.2, -0.15) is 0 Å². The highest BCUT2D eigenvalue weighted by Gasteiger charge is 2.68. The fourth-order valence-electron chi connectivity index (χ4n) is 2.97. The molecule has 0 aliphatic carbocycles. The Bertz CT molecular complexity index is 774. The Morgan fingerprint density at radius 2 is 1.73 bits per heavy atom. The average molecular weight is 294 g/mol. The minimum absolute atomic E-state index is 0.229. The maximum absolute atomic E-state index is 12.7. The van der Waals surface area contributed by atoms with Crippen molar-refractivity contribution >= 4 is 17.5 Å². The van der Waals surface area contributed by atoms with E-state index in [4.69, 9.17) is 4.74 Å². The van der Waals surface area contributed by atoms with Gasteiger partial charge in [0, 0.05) is 7.05 Å². The van der Waals surface area contributed by atoms with Crippen molar-refractivity contribution in [3.63, 3.8) is 0 Å². The molecule has 2 aliphatic rings. The van der Waals surface area contributed by atoms with Gasteiger partial charge < -0.3 is 15.0 Å². The number of benzene rings is 2. The van der Waals surface area contributed by atoms with E-state index in [0.717, 1.165) is 5.56 Å². The number of para-hydroxylation sites is 1. The van der Waals surface area contributed by atoms with Crippen LogP contribution in [0.1, 0.15) is 22.0 Å². The zero-order valence-electron chi connectivity index (χ0n) is 11.9. The Morgan fingerprint density at radius 1 is 1.05 bits per heavy atom. The molecule has 2 atom stereocenters. The molecule has 5 heteroatoms. The molecule has 0 bridgehead atoms. The number of rotatable bonds is 1. The molecule has 1 N–H and O–H groups in total. The molecule has 4 rings (SSSR count). The number of likely N-dealkylation sites (N-methyl/N-ethyl adjacent to an activating group) is 1. The highest BCUT2D eigenvalue weighted by molar-refractivity contribution is 6.12. The SMILES string of the molecule is CN1C(=O)c2ccccc2NC(=O)C12O[C@@H]2c1ccccc1. The smallest absolute Gasteiger partial charge is 0.281 e. The molecule has 0 radical (unpaired) electrons. The minimum Gasteiger partial charge on any atom is -0.331 e. The van der Waals surface area contributed by atoms with Crippen LogP contribution in [0.5, 0.6) is 0 Å². The monoisotopic (exact) mass is 294 g/mol. The van der Waals surface area contributed by atoms with E-state index >= 15 is 0 Å². The largest absolute Gasteiger partial charge is 0.331 e. The molecule has 2 amide bonds. The van der Waals surface area contributed by atoms with Gasteiger partial charge >= 0.3 is 0 Å². The molecule has 2 aliphatic heterocycles. The van der Waals surface area contributed by atoms with Crippen molar-refractivity contribution < 1.29 is 14.3 Å². The van der Waals surface area contributed by atoms with Gasteiger partial charge in [0.2, 0.25) is 0 Å². The lowest BCUT2D eigenvalue weighted by atomic mass is 10.0. The molecule has 1 unspecified atom stereocenters. The van der Waals surface area contributed by atoms with Crippen LogP contribution in [0.4, 0.5) is 5.69 Å². The van der Waals surface area contributed by atoms with Crippen molar-refractivity contribution in [2.75, 3.05) is 12.4 Å². The predicted molar refractivity (Wildman–Crippen MR) is 80.2 cm³/mol. The van der Waals surface area contributed by atoms with E-state index in [1.54, 1.807) is 31.3 Å². The van der Waals surface area contributed by atoms with Gasteiger partial charge in [-0.3, -0.25) is 9.59 Å². The zero-order chi connectivity index (χ0) is 15.3. The minimum atomic E-state index is -1.27. The average Bonchev–Trinajstić information content (AvgIpc) is 3.32. The number of nitrogens with zero attached hydrogens (tertiary/aromatic N) is 1.